The third kappa shape index (κ3) is 3.25. The third-order valence-corrected chi connectivity index (χ3v) is 3.69. The molecule has 0 saturated heterocycles. The van der Waals surface area contributed by atoms with Gasteiger partial charge in [0.1, 0.15) is 0 Å². The molecule has 5 heteroatoms. The molecule has 0 aliphatic carbocycles. The van der Waals surface area contributed by atoms with Crippen LogP contribution in [0.3, 0.4) is 0 Å². The van der Waals surface area contributed by atoms with E-state index in [2.05, 4.69) is 10.4 Å². The van der Waals surface area contributed by atoms with Gasteiger partial charge in [-0.15, -0.1) is 0 Å². The number of benzene rings is 2. The fourth-order valence-corrected chi connectivity index (χ4v) is 2.34. The van der Waals surface area contributed by atoms with E-state index in [4.69, 9.17) is 0 Å². The van der Waals surface area contributed by atoms with E-state index in [0.717, 1.165) is 16.8 Å². The Hall–Kier alpha value is -3.21. The Kier molecular flexibility index (Phi) is 4.24. The van der Waals surface area contributed by atoms with Crippen LogP contribution in [0.4, 0.5) is 5.69 Å². The van der Waals surface area contributed by atoms with Gasteiger partial charge in [-0.2, -0.15) is 5.10 Å². The molecule has 0 fully saturated rings. The molecule has 0 atom stereocenters. The Morgan fingerprint density at radius 3 is 2.54 bits per heavy atom. The van der Waals surface area contributed by atoms with Crippen molar-refractivity contribution in [3.8, 4) is 5.69 Å². The van der Waals surface area contributed by atoms with Crippen LogP contribution in [-0.2, 0) is 0 Å². The number of hydrogen-bond acceptors (Lipinski definition) is 3. The fourth-order valence-electron chi connectivity index (χ4n) is 2.34. The Balaban J connectivity index is 1.95. The molecule has 0 spiro atoms. The first-order chi connectivity index (χ1) is 11.5. The minimum absolute atomic E-state index is 0.137. The van der Waals surface area contributed by atoms with Crippen molar-refractivity contribution in [1.82, 2.24) is 9.78 Å². The summed E-state index contributed by atoms with van der Waals surface area (Å²) in [6.07, 6.45) is 1.55. The van der Waals surface area contributed by atoms with E-state index < -0.39 is 11.3 Å². The number of carbonyl (C=O) groups is 1. The Labute approximate surface area is 139 Å². The van der Waals surface area contributed by atoms with Gasteiger partial charge in [0.15, 0.2) is 5.69 Å². The summed E-state index contributed by atoms with van der Waals surface area (Å²) < 4.78 is 1.51. The zero-order valence-corrected chi connectivity index (χ0v) is 13.5. The lowest BCUT2D eigenvalue weighted by Gasteiger charge is -2.10. The second kappa shape index (κ2) is 6.50. The Morgan fingerprint density at radius 2 is 1.79 bits per heavy atom. The Bertz CT molecular complexity index is 946. The second-order valence-electron chi connectivity index (χ2n) is 5.58. The molecule has 1 amide bonds. The number of rotatable bonds is 3. The van der Waals surface area contributed by atoms with Crippen molar-refractivity contribution in [3.63, 3.8) is 0 Å². The molecule has 0 radical (unpaired) electrons. The number of amides is 1. The molecule has 2 aromatic carbocycles. The lowest BCUT2D eigenvalue weighted by molar-refractivity contribution is 0.101. The molecule has 0 aliphatic rings. The molecule has 3 rings (SSSR count). The molecule has 1 heterocycles. The highest BCUT2D eigenvalue weighted by atomic mass is 16.2. The quantitative estimate of drug-likeness (QED) is 0.807. The van der Waals surface area contributed by atoms with Gasteiger partial charge in [-0.1, -0.05) is 30.3 Å². The zero-order valence-electron chi connectivity index (χ0n) is 13.5. The predicted molar refractivity (Wildman–Crippen MR) is 93.7 cm³/mol. The summed E-state index contributed by atoms with van der Waals surface area (Å²) >= 11 is 0. The standard InChI is InChI=1S/C19H17N3O2/c1-13-8-9-14(2)16(12-13)20-19(24)18-17(23)10-11-22(21-18)15-6-4-3-5-7-15/h3-12H,1-2H3,(H,20,24). The number of nitrogens with one attached hydrogen (secondary N) is 1. The predicted octanol–water partition coefficient (Wildman–Crippen LogP) is 3.10. The number of aromatic nitrogens is 2. The van der Waals surface area contributed by atoms with E-state index in [0.29, 0.717) is 5.69 Å². The first kappa shape index (κ1) is 15.7. The number of nitrogens with zero attached hydrogens (tertiary/aromatic N) is 2. The molecule has 1 aromatic heterocycles. The van der Waals surface area contributed by atoms with Crippen molar-refractivity contribution in [2.24, 2.45) is 0 Å². The number of aryl methyl sites for hydroxylation is 2. The minimum Gasteiger partial charge on any atom is -0.320 e. The molecule has 5 nitrogen and oxygen atoms in total. The molecule has 0 saturated carbocycles. The van der Waals surface area contributed by atoms with Crippen LogP contribution in [0, 0.1) is 13.8 Å². The van der Waals surface area contributed by atoms with Crippen LogP contribution in [0.15, 0.2) is 65.6 Å². The van der Waals surface area contributed by atoms with Crippen molar-refractivity contribution >= 4 is 11.6 Å². The summed E-state index contributed by atoms with van der Waals surface area (Å²) in [6, 6.07) is 16.4. The van der Waals surface area contributed by atoms with Gasteiger partial charge in [-0.05, 0) is 43.2 Å². The highest BCUT2D eigenvalue weighted by molar-refractivity contribution is 6.03. The summed E-state index contributed by atoms with van der Waals surface area (Å²) in [6.45, 7) is 3.84. The molecule has 0 aliphatic heterocycles. The average Bonchev–Trinajstić information content (AvgIpc) is 2.59. The van der Waals surface area contributed by atoms with E-state index in [1.165, 1.54) is 10.7 Å². The monoisotopic (exact) mass is 319 g/mol. The van der Waals surface area contributed by atoms with E-state index in [9.17, 15) is 9.59 Å². The number of anilines is 1. The van der Waals surface area contributed by atoms with Crippen molar-refractivity contribution in [3.05, 3.63) is 87.8 Å². The van der Waals surface area contributed by atoms with Crippen LogP contribution in [0.5, 0.6) is 0 Å². The maximum atomic E-state index is 12.5. The molecule has 120 valence electrons. The normalized spacial score (nSPS) is 10.4. The molecule has 1 N–H and O–H groups in total. The number of para-hydroxylation sites is 1. The molecule has 0 unspecified atom stereocenters. The van der Waals surface area contributed by atoms with Gasteiger partial charge in [-0.3, -0.25) is 9.59 Å². The van der Waals surface area contributed by atoms with Crippen molar-refractivity contribution in [2.75, 3.05) is 5.32 Å². The molecule has 24 heavy (non-hydrogen) atoms. The fraction of sp³-hybridized carbons (Fsp3) is 0.105. The first-order valence-corrected chi connectivity index (χ1v) is 7.58. The van der Waals surface area contributed by atoms with Gasteiger partial charge in [-0.25, -0.2) is 4.68 Å². The van der Waals surface area contributed by atoms with Crippen molar-refractivity contribution in [1.29, 1.82) is 0 Å². The number of hydrogen-bond donors (Lipinski definition) is 1. The Morgan fingerprint density at radius 1 is 1.04 bits per heavy atom. The molecule has 3 aromatic rings. The van der Waals surface area contributed by atoms with E-state index in [1.807, 2.05) is 62.4 Å². The lowest BCUT2D eigenvalue weighted by Crippen LogP contribution is -2.25. The van der Waals surface area contributed by atoms with Crippen LogP contribution in [0.1, 0.15) is 21.6 Å². The van der Waals surface area contributed by atoms with Crippen LogP contribution < -0.4 is 10.7 Å². The summed E-state index contributed by atoms with van der Waals surface area (Å²) in [7, 11) is 0. The van der Waals surface area contributed by atoms with Gasteiger partial charge in [0.25, 0.3) is 5.91 Å². The van der Waals surface area contributed by atoms with Crippen molar-refractivity contribution < 1.29 is 4.79 Å². The van der Waals surface area contributed by atoms with Crippen molar-refractivity contribution in [2.45, 2.75) is 13.8 Å². The smallest absolute Gasteiger partial charge is 0.280 e. The zero-order chi connectivity index (χ0) is 17.1. The average molecular weight is 319 g/mol. The SMILES string of the molecule is Cc1ccc(C)c(NC(=O)c2nn(-c3ccccc3)ccc2=O)c1. The highest BCUT2D eigenvalue weighted by Gasteiger charge is 2.14. The summed E-state index contributed by atoms with van der Waals surface area (Å²) in [5.41, 5.74) is 2.86. The van der Waals surface area contributed by atoms with E-state index in [1.54, 1.807) is 6.20 Å². The van der Waals surface area contributed by atoms with Gasteiger partial charge in [0, 0.05) is 18.0 Å². The van der Waals surface area contributed by atoms with Gasteiger partial charge in [0.05, 0.1) is 5.69 Å². The number of carbonyl (C=O) groups excluding carboxylic acids is 1. The van der Waals surface area contributed by atoms with Gasteiger partial charge >= 0.3 is 0 Å². The molecular weight excluding hydrogens is 302 g/mol. The van der Waals surface area contributed by atoms with Gasteiger partial charge < -0.3 is 5.32 Å². The highest BCUT2D eigenvalue weighted by Crippen LogP contribution is 2.16. The summed E-state index contributed by atoms with van der Waals surface area (Å²) in [4.78, 5) is 24.5. The summed E-state index contributed by atoms with van der Waals surface area (Å²) in [5.74, 6) is -0.515. The lowest BCUT2D eigenvalue weighted by atomic mass is 10.1. The van der Waals surface area contributed by atoms with E-state index in [-0.39, 0.29) is 5.69 Å². The first-order valence-electron chi connectivity index (χ1n) is 7.58. The van der Waals surface area contributed by atoms with E-state index >= 15 is 0 Å². The van der Waals surface area contributed by atoms with Crippen LogP contribution in [-0.4, -0.2) is 15.7 Å². The maximum Gasteiger partial charge on any atom is 0.280 e. The van der Waals surface area contributed by atoms with Crippen LogP contribution in [0.2, 0.25) is 0 Å². The topological polar surface area (TPSA) is 64.0 Å². The summed E-state index contributed by atoms with van der Waals surface area (Å²) in [5, 5.41) is 6.95. The second-order valence-corrected chi connectivity index (χ2v) is 5.58. The van der Waals surface area contributed by atoms with Crippen LogP contribution in [0.25, 0.3) is 5.69 Å². The maximum absolute atomic E-state index is 12.5. The third-order valence-electron chi connectivity index (χ3n) is 3.69. The van der Waals surface area contributed by atoms with Crippen LogP contribution >= 0.6 is 0 Å². The molecule has 0 bridgehead atoms. The largest absolute Gasteiger partial charge is 0.320 e. The minimum atomic E-state index is -0.515. The molecular formula is C19H17N3O2. The van der Waals surface area contributed by atoms with Gasteiger partial charge in [0.2, 0.25) is 5.43 Å².